The molecule has 0 radical (unpaired) electrons. The molecular formula is C21H20O. The van der Waals surface area contributed by atoms with Gasteiger partial charge in [-0.05, 0) is 29.2 Å². The summed E-state index contributed by atoms with van der Waals surface area (Å²) in [7, 11) is 1.75. The van der Waals surface area contributed by atoms with Gasteiger partial charge in [0.15, 0.2) is 0 Å². The molecule has 0 bridgehead atoms. The highest BCUT2D eigenvalue weighted by Crippen LogP contribution is 2.27. The highest BCUT2D eigenvalue weighted by Gasteiger charge is 2.10. The summed E-state index contributed by atoms with van der Waals surface area (Å²) in [5, 5.41) is 0. The molecule has 0 aromatic heterocycles. The second kappa shape index (κ2) is 6.95. The van der Waals surface area contributed by atoms with Gasteiger partial charge in [-0.2, -0.15) is 0 Å². The van der Waals surface area contributed by atoms with Crippen molar-refractivity contribution in [3.05, 3.63) is 101 Å². The van der Waals surface area contributed by atoms with Crippen LogP contribution in [0.2, 0.25) is 0 Å². The number of hydrogen-bond acceptors (Lipinski definition) is 1. The third-order valence-corrected chi connectivity index (χ3v) is 3.91. The van der Waals surface area contributed by atoms with Gasteiger partial charge < -0.3 is 4.74 Å². The lowest BCUT2D eigenvalue weighted by atomic mass is 9.94. The van der Waals surface area contributed by atoms with E-state index in [1.807, 2.05) is 6.07 Å². The van der Waals surface area contributed by atoms with Gasteiger partial charge in [0.2, 0.25) is 0 Å². The number of benzene rings is 3. The molecule has 3 aromatic rings. The fourth-order valence-electron chi connectivity index (χ4n) is 2.78. The molecule has 1 heteroatoms. The maximum atomic E-state index is 5.60. The molecule has 22 heavy (non-hydrogen) atoms. The van der Waals surface area contributed by atoms with Crippen LogP contribution in [-0.2, 0) is 12.8 Å². The molecule has 3 rings (SSSR count). The highest BCUT2D eigenvalue weighted by molar-refractivity contribution is 5.45. The Morgan fingerprint density at radius 1 is 0.636 bits per heavy atom. The Morgan fingerprint density at radius 3 is 1.82 bits per heavy atom. The molecule has 0 unspecified atom stereocenters. The molecule has 0 amide bonds. The van der Waals surface area contributed by atoms with E-state index in [-0.39, 0.29) is 0 Å². The van der Waals surface area contributed by atoms with E-state index in [9.17, 15) is 0 Å². The Morgan fingerprint density at radius 2 is 1.23 bits per heavy atom. The van der Waals surface area contributed by atoms with Crippen LogP contribution in [0.5, 0.6) is 5.75 Å². The van der Waals surface area contributed by atoms with E-state index in [0.29, 0.717) is 0 Å². The Balaban J connectivity index is 1.95. The van der Waals surface area contributed by atoms with E-state index in [1.54, 1.807) is 7.11 Å². The van der Waals surface area contributed by atoms with E-state index in [0.717, 1.165) is 18.6 Å². The van der Waals surface area contributed by atoms with Crippen molar-refractivity contribution in [2.75, 3.05) is 7.11 Å². The van der Waals surface area contributed by atoms with Crippen LogP contribution in [0.1, 0.15) is 22.3 Å². The first-order valence-electron chi connectivity index (χ1n) is 7.59. The summed E-state index contributed by atoms with van der Waals surface area (Å²) in [5.74, 6) is 0.970. The van der Waals surface area contributed by atoms with Gasteiger partial charge in [-0.1, -0.05) is 72.8 Å². The van der Waals surface area contributed by atoms with Crippen molar-refractivity contribution < 1.29 is 4.74 Å². The monoisotopic (exact) mass is 288 g/mol. The van der Waals surface area contributed by atoms with E-state index >= 15 is 0 Å². The van der Waals surface area contributed by atoms with Crippen molar-refractivity contribution in [1.82, 2.24) is 0 Å². The molecule has 0 fully saturated rings. The van der Waals surface area contributed by atoms with Crippen LogP contribution in [0.3, 0.4) is 0 Å². The van der Waals surface area contributed by atoms with Crippen molar-refractivity contribution in [2.45, 2.75) is 12.8 Å². The fourth-order valence-corrected chi connectivity index (χ4v) is 2.78. The topological polar surface area (TPSA) is 9.23 Å². The second-order valence-corrected chi connectivity index (χ2v) is 5.42. The fraction of sp³-hybridized carbons (Fsp3) is 0.143. The molecule has 0 spiro atoms. The molecule has 0 atom stereocenters. The van der Waals surface area contributed by atoms with Crippen molar-refractivity contribution in [1.29, 1.82) is 0 Å². The first-order chi connectivity index (χ1) is 10.9. The Labute approximate surface area is 132 Å². The Kier molecular flexibility index (Phi) is 4.55. The molecule has 0 saturated carbocycles. The summed E-state index contributed by atoms with van der Waals surface area (Å²) in [6, 6.07) is 27.5. The molecule has 0 saturated heterocycles. The molecule has 1 nitrogen and oxygen atoms in total. The molecule has 3 aromatic carbocycles. The summed E-state index contributed by atoms with van der Waals surface area (Å²) in [5.41, 5.74) is 5.24. The van der Waals surface area contributed by atoms with Crippen LogP contribution in [-0.4, -0.2) is 7.11 Å². The summed E-state index contributed by atoms with van der Waals surface area (Å²) in [6.07, 6.45) is 1.83. The molecule has 0 N–H and O–H groups in total. The Hall–Kier alpha value is -2.54. The van der Waals surface area contributed by atoms with Crippen LogP contribution in [0.15, 0.2) is 78.9 Å². The predicted molar refractivity (Wildman–Crippen MR) is 91.5 cm³/mol. The standard InChI is InChI=1S/C21H20O/c1-22-21-14-8-13-19(15-17-9-4-2-5-10-17)20(21)16-18-11-6-3-7-12-18/h2-14H,15-16H2,1H3. The van der Waals surface area contributed by atoms with Crippen molar-refractivity contribution in [3.8, 4) is 5.75 Å². The third kappa shape index (κ3) is 3.37. The quantitative estimate of drug-likeness (QED) is 0.650. The minimum absolute atomic E-state index is 0.896. The van der Waals surface area contributed by atoms with Crippen LogP contribution >= 0.6 is 0 Å². The first-order valence-corrected chi connectivity index (χ1v) is 7.59. The zero-order valence-corrected chi connectivity index (χ0v) is 12.8. The van der Waals surface area contributed by atoms with Gasteiger partial charge in [-0.3, -0.25) is 0 Å². The number of ether oxygens (including phenoxy) is 1. The van der Waals surface area contributed by atoms with Crippen molar-refractivity contribution in [3.63, 3.8) is 0 Å². The van der Waals surface area contributed by atoms with E-state index in [4.69, 9.17) is 4.74 Å². The van der Waals surface area contributed by atoms with E-state index in [1.165, 1.54) is 22.3 Å². The smallest absolute Gasteiger partial charge is 0.122 e. The Bertz CT molecular complexity index is 717. The van der Waals surface area contributed by atoms with Crippen LogP contribution in [0.4, 0.5) is 0 Å². The van der Waals surface area contributed by atoms with Gasteiger partial charge in [0, 0.05) is 12.0 Å². The minimum Gasteiger partial charge on any atom is -0.496 e. The first kappa shape index (κ1) is 14.4. The molecule has 110 valence electrons. The summed E-state index contributed by atoms with van der Waals surface area (Å²) < 4.78 is 5.60. The average molecular weight is 288 g/mol. The molecule has 0 heterocycles. The average Bonchev–Trinajstić information content (AvgIpc) is 2.58. The van der Waals surface area contributed by atoms with Crippen molar-refractivity contribution in [2.24, 2.45) is 0 Å². The number of hydrogen-bond donors (Lipinski definition) is 0. The van der Waals surface area contributed by atoms with Gasteiger partial charge in [-0.15, -0.1) is 0 Å². The van der Waals surface area contributed by atoms with Gasteiger partial charge >= 0.3 is 0 Å². The van der Waals surface area contributed by atoms with Crippen molar-refractivity contribution >= 4 is 0 Å². The third-order valence-electron chi connectivity index (χ3n) is 3.91. The number of methoxy groups -OCH3 is 1. The summed E-state index contributed by atoms with van der Waals surface area (Å²) in [4.78, 5) is 0. The normalized spacial score (nSPS) is 10.4. The van der Waals surface area contributed by atoms with Gasteiger partial charge in [-0.25, -0.2) is 0 Å². The maximum absolute atomic E-state index is 5.60. The lowest BCUT2D eigenvalue weighted by Crippen LogP contribution is -2.00. The van der Waals surface area contributed by atoms with Crippen LogP contribution in [0, 0.1) is 0 Å². The van der Waals surface area contributed by atoms with E-state index < -0.39 is 0 Å². The molecule has 0 aliphatic carbocycles. The second-order valence-electron chi connectivity index (χ2n) is 5.42. The van der Waals surface area contributed by atoms with Gasteiger partial charge in [0.1, 0.15) is 5.75 Å². The maximum Gasteiger partial charge on any atom is 0.122 e. The van der Waals surface area contributed by atoms with Gasteiger partial charge in [0.25, 0.3) is 0 Å². The lowest BCUT2D eigenvalue weighted by Gasteiger charge is -2.14. The summed E-state index contributed by atoms with van der Waals surface area (Å²) >= 11 is 0. The zero-order chi connectivity index (χ0) is 15.2. The number of rotatable bonds is 5. The lowest BCUT2D eigenvalue weighted by molar-refractivity contribution is 0.410. The zero-order valence-electron chi connectivity index (χ0n) is 12.8. The molecule has 0 aliphatic rings. The highest BCUT2D eigenvalue weighted by atomic mass is 16.5. The summed E-state index contributed by atoms with van der Waals surface area (Å²) in [6.45, 7) is 0. The minimum atomic E-state index is 0.896. The van der Waals surface area contributed by atoms with Crippen LogP contribution in [0.25, 0.3) is 0 Å². The molecular weight excluding hydrogens is 268 g/mol. The van der Waals surface area contributed by atoms with E-state index in [2.05, 4.69) is 72.8 Å². The van der Waals surface area contributed by atoms with Gasteiger partial charge in [0.05, 0.1) is 7.11 Å². The predicted octanol–water partition coefficient (Wildman–Crippen LogP) is 4.88. The molecule has 0 aliphatic heterocycles. The van der Waals surface area contributed by atoms with Crippen LogP contribution < -0.4 is 4.74 Å². The SMILES string of the molecule is COc1cccc(Cc2ccccc2)c1Cc1ccccc1. The largest absolute Gasteiger partial charge is 0.496 e.